The Hall–Kier alpha value is -0.120. The number of nitrogens with zero attached hydrogens (tertiary/aromatic N) is 1. The SMILES string of the molecule is CCCNC1(CO)CCCC(N2CCC(CC)(CC)C2)C1. The molecule has 2 atom stereocenters. The smallest absolute Gasteiger partial charge is 0.0613 e. The summed E-state index contributed by atoms with van der Waals surface area (Å²) in [5.74, 6) is 0. The first kappa shape index (κ1) is 17.2. The highest BCUT2D eigenvalue weighted by molar-refractivity contribution is 4.99. The number of aliphatic hydroxyl groups excluding tert-OH is 1. The summed E-state index contributed by atoms with van der Waals surface area (Å²) in [7, 11) is 0. The van der Waals surface area contributed by atoms with Crippen molar-refractivity contribution in [1.82, 2.24) is 10.2 Å². The maximum absolute atomic E-state index is 9.94. The van der Waals surface area contributed by atoms with Crippen molar-refractivity contribution in [3.8, 4) is 0 Å². The summed E-state index contributed by atoms with van der Waals surface area (Å²) < 4.78 is 0. The van der Waals surface area contributed by atoms with Crippen molar-refractivity contribution in [2.45, 2.75) is 83.7 Å². The molecule has 1 heterocycles. The molecular weight excluding hydrogens is 260 g/mol. The Bertz CT molecular complexity index is 316. The third-order valence-electron chi connectivity index (χ3n) is 6.36. The van der Waals surface area contributed by atoms with Crippen LogP contribution in [-0.2, 0) is 0 Å². The summed E-state index contributed by atoms with van der Waals surface area (Å²) in [6, 6.07) is 0.676. The maximum atomic E-state index is 9.94. The summed E-state index contributed by atoms with van der Waals surface area (Å²) in [4.78, 5) is 2.74. The lowest BCUT2D eigenvalue weighted by Gasteiger charge is -2.44. The van der Waals surface area contributed by atoms with Crippen LogP contribution in [0.25, 0.3) is 0 Å². The maximum Gasteiger partial charge on any atom is 0.0613 e. The highest BCUT2D eigenvalue weighted by atomic mass is 16.3. The van der Waals surface area contributed by atoms with E-state index in [1.165, 1.54) is 45.2 Å². The van der Waals surface area contributed by atoms with E-state index < -0.39 is 0 Å². The number of nitrogens with one attached hydrogen (secondary N) is 1. The fourth-order valence-electron chi connectivity index (χ4n) is 4.50. The second kappa shape index (κ2) is 7.43. The first-order chi connectivity index (χ1) is 10.1. The molecule has 2 N–H and O–H groups in total. The average molecular weight is 296 g/mol. The van der Waals surface area contributed by atoms with Gasteiger partial charge in [0, 0.05) is 18.1 Å². The first-order valence-electron chi connectivity index (χ1n) is 9.22. The van der Waals surface area contributed by atoms with Gasteiger partial charge in [0.05, 0.1) is 6.61 Å². The molecule has 0 radical (unpaired) electrons. The molecule has 0 aromatic carbocycles. The van der Waals surface area contributed by atoms with E-state index in [4.69, 9.17) is 0 Å². The van der Waals surface area contributed by atoms with Gasteiger partial charge >= 0.3 is 0 Å². The van der Waals surface area contributed by atoms with E-state index in [0.717, 1.165) is 25.8 Å². The molecule has 3 nitrogen and oxygen atoms in total. The molecule has 0 bridgehead atoms. The molecule has 2 fully saturated rings. The zero-order valence-corrected chi connectivity index (χ0v) is 14.5. The zero-order chi connectivity index (χ0) is 15.3. The summed E-state index contributed by atoms with van der Waals surface area (Å²) in [5.41, 5.74) is 0.554. The summed E-state index contributed by atoms with van der Waals surface area (Å²) >= 11 is 0. The van der Waals surface area contributed by atoms with E-state index >= 15 is 0 Å². The van der Waals surface area contributed by atoms with E-state index in [-0.39, 0.29) is 5.54 Å². The Labute approximate surface area is 131 Å². The quantitative estimate of drug-likeness (QED) is 0.757. The van der Waals surface area contributed by atoms with Gasteiger partial charge in [0.15, 0.2) is 0 Å². The average Bonchev–Trinajstić information content (AvgIpc) is 2.98. The highest BCUT2D eigenvalue weighted by Crippen LogP contribution is 2.41. The van der Waals surface area contributed by atoms with Crippen LogP contribution in [0.3, 0.4) is 0 Å². The summed E-state index contributed by atoms with van der Waals surface area (Å²) in [6.07, 6.45) is 9.98. The van der Waals surface area contributed by atoms with Crippen LogP contribution in [0.2, 0.25) is 0 Å². The molecule has 1 saturated carbocycles. The Balaban J connectivity index is 1.98. The predicted molar refractivity (Wildman–Crippen MR) is 89.6 cm³/mol. The van der Waals surface area contributed by atoms with Crippen LogP contribution in [0.4, 0.5) is 0 Å². The number of hydrogen-bond acceptors (Lipinski definition) is 3. The normalized spacial score (nSPS) is 33.4. The summed E-state index contributed by atoms with van der Waals surface area (Å²) in [6.45, 7) is 10.8. The fourth-order valence-corrected chi connectivity index (χ4v) is 4.50. The van der Waals surface area contributed by atoms with Gasteiger partial charge in [0.2, 0.25) is 0 Å². The second-order valence-corrected chi connectivity index (χ2v) is 7.54. The lowest BCUT2D eigenvalue weighted by molar-refractivity contribution is 0.0632. The highest BCUT2D eigenvalue weighted by Gasteiger charge is 2.42. The third kappa shape index (κ3) is 3.80. The molecule has 1 aliphatic carbocycles. The number of rotatable bonds is 7. The van der Waals surface area contributed by atoms with Crippen LogP contribution in [0.1, 0.15) is 72.1 Å². The molecule has 0 aromatic heterocycles. The van der Waals surface area contributed by atoms with Crippen molar-refractivity contribution in [1.29, 1.82) is 0 Å². The number of aliphatic hydroxyl groups is 1. The molecule has 1 aliphatic heterocycles. The molecule has 2 unspecified atom stereocenters. The predicted octanol–water partition coefficient (Wildman–Crippen LogP) is 3.17. The van der Waals surface area contributed by atoms with Gasteiger partial charge in [-0.3, -0.25) is 4.90 Å². The standard InChI is InChI=1S/C18H36N2O/c1-4-11-19-18(15-21)9-7-8-16(13-18)20-12-10-17(5-2,6-3)14-20/h16,19,21H,4-15H2,1-3H3. The van der Waals surface area contributed by atoms with Crippen molar-refractivity contribution in [3.63, 3.8) is 0 Å². The van der Waals surface area contributed by atoms with E-state index in [2.05, 4.69) is 31.0 Å². The minimum Gasteiger partial charge on any atom is -0.394 e. The van der Waals surface area contributed by atoms with Gasteiger partial charge in [-0.1, -0.05) is 20.8 Å². The fraction of sp³-hybridized carbons (Fsp3) is 1.00. The molecule has 0 spiro atoms. The van der Waals surface area contributed by atoms with Crippen LogP contribution >= 0.6 is 0 Å². The lowest BCUT2D eigenvalue weighted by atomic mass is 9.78. The molecular formula is C18H36N2O. The van der Waals surface area contributed by atoms with Crippen LogP contribution in [0, 0.1) is 5.41 Å². The Morgan fingerprint density at radius 2 is 1.95 bits per heavy atom. The van der Waals surface area contributed by atoms with Gasteiger partial charge in [-0.05, 0) is 69.9 Å². The van der Waals surface area contributed by atoms with E-state index in [1.54, 1.807) is 0 Å². The number of hydrogen-bond donors (Lipinski definition) is 2. The van der Waals surface area contributed by atoms with Crippen molar-refractivity contribution in [3.05, 3.63) is 0 Å². The monoisotopic (exact) mass is 296 g/mol. The van der Waals surface area contributed by atoms with Crippen LogP contribution in [0.5, 0.6) is 0 Å². The van der Waals surface area contributed by atoms with Crippen molar-refractivity contribution >= 4 is 0 Å². The van der Waals surface area contributed by atoms with Crippen LogP contribution in [0.15, 0.2) is 0 Å². The molecule has 2 aliphatic rings. The van der Waals surface area contributed by atoms with Crippen molar-refractivity contribution in [2.75, 3.05) is 26.2 Å². The van der Waals surface area contributed by atoms with Gasteiger partial charge in [-0.25, -0.2) is 0 Å². The first-order valence-corrected chi connectivity index (χ1v) is 9.22. The Kier molecular flexibility index (Phi) is 6.10. The number of likely N-dealkylation sites (tertiary alicyclic amines) is 1. The van der Waals surface area contributed by atoms with E-state index in [9.17, 15) is 5.11 Å². The topological polar surface area (TPSA) is 35.5 Å². The van der Waals surface area contributed by atoms with Crippen LogP contribution in [-0.4, -0.2) is 47.8 Å². The Morgan fingerprint density at radius 3 is 2.52 bits per heavy atom. The van der Waals surface area contributed by atoms with E-state index in [0.29, 0.717) is 18.1 Å². The van der Waals surface area contributed by atoms with Crippen LogP contribution < -0.4 is 5.32 Å². The lowest BCUT2D eigenvalue weighted by Crippen LogP contribution is -2.55. The van der Waals surface area contributed by atoms with Gasteiger partial charge < -0.3 is 10.4 Å². The molecule has 0 amide bonds. The Morgan fingerprint density at radius 1 is 1.19 bits per heavy atom. The zero-order valence-electron chi connectivity index (χ0n) is 14.5. The minimum absolute atomic E-state index is 0.0113. The minimum atomic E-state index is -0.0113. The molecule has 1 saturated heterocycles. The molecule has 124 valence electrons. The third-order valence-corrected chi connectivity index (χ3v) is 6.36. The van der Waals surface area contributed by atoms with Gasteiger partial charge in [-0.2, -0.15) is 0 Å². The molecule has 21 heavy (non-hydrogen) atoms. The van der Waals surface area contributed by atoms with Gasteiger partial charge in [0.1, 0.15) is 0 Å². The second-order valence-electron chi connectivity index (χ2n) is 7.54. The van der Waals surface area contributed by atoms with Gasteiger partial charge in [0.25, 0.3) is 0 Å². The van der Waals surface area contributed by atoms with E-state index in [1.807, 2.05) is 0 Å². The summed E-state index contributed by atoms with van der Waals surface area (Å²) in [5, 5.41) is 13.6. The molecule has 3 heteroatoms. The van der Waals surface area contributed by atoms with Crippen molar-refractivity contribution in [2.24, 2.45) is 5.41 Å². The van der Waals surface area contributed by atoms with Crippen molar-refractivity contribution < 1.29 is 5.11 Å². The molecule has 2 rings (SSSR count). The largest absolute Gasteiger partial charge is 0.394 e. The molecule has 0 aromatic rings. The van der Waals surface area contributed by atoms with Gasteiger partial charge in [-0.15, -0.1) is 0 Å².